The fourth-order valence-corrected chi connectivity index (χ4v) is 2.99. The van der Waals surface area contributed by atoms with Gasteiger partial charge in [0, 0.05) is 18.3 Å². The van der Waals surface area contributed by atoms with Gasteiger partial charge in [-0.05, 0) is 17.7 Å². The lowest BCUT2D eigenvalue weighted by Crippen LogP contribution is -2.57. The van der Waals surface area contributed by atoms with Crippen molar-refractivity contribution in [2.24, 2.45) is 0 Å². The average Bonchev–Trinajstić information content (AvgIpc) is 2.50. The molecule has 5 atom stereocenters. The van der Waals surface area contributed by atoms with Crippen molar-refractivity contribution >= 4 is 27.9 Å². The zero-order valence-electron chi connectivity index (χ0n) is 13.2. The molecular weight excluding hydrogens is 384 g/mol. The second-order valence-corrected chi connectivity index (χ2v) is 6.42. The molecule has 132 valence electrons. The second kappa shape index (κ2) is 8.06. The number of halogens is 1. The topological polar surface area (TPSA) is 102 Å². The molecule has 24 heavy (non-hydrogen) atoms. The highest BCUT2D eigenvalue weighted by Gasteiger charge is 2.47. The van der Waals surface area contributed by atoms with Crippen molar-refractivity contribution in [2.45, 2.75) is 44.4 Å². The van der Waals surface area contributed by atoms with Crippen molar-refractivity contribution in [3.63, 3.8) is 0 Å². The predicted octanol–water partition coefficient (Wildman–Crippen LogP) is 1.11. The highest BCUT2D eigenvalue weighted by molar-refractivity contribution is 9.10. The van der Waals surface area contributed by atoms with Gasteiger partial charge in [-0.1, -0.05) is 28.1 Å². The summed E-state index contributed by atoms with van der Waals surface area (Å²) < 4.78 is 16.5. The third-order valence-corrected chi connectivity index (χ3v) is 4.11. The Balaban J connectivity index is 2.26. The van der Waals surface area contributed by atoms with Gasteiger partial charge in [-0.3, -0.25) is 9.59 Å². The minimum Gasteiger partial charge on any atom is -0.463 e. The molecule has 0 saturated carbocycles. The van der Waals surface area contributed by atoms with Gasteiger partial charge in [-0.2, -0.15) is 0 Å². The molecule has 2 N–H and O–H groups in total. The van der Waals surface area contributed by atoms with E-state index < -0.39 is 42.5 Å². The fraction of sp³-hybridized carbons (Fsp3) is 0.500. The lowest BCUT2D eigenvalue weighted by molar-refractivity contribution is -0.242. The summed E-state index contributed by atoms with van der Waals surface area (Å²) in [6, 6.07) is 7.06. The summed E-state index contributed by atoms with van der Waals surface area (Å²) in [5.74, 6) is -1.16. The van der Waals surface area contributed by atoms with Gasteiger partial charge in [0.2, 0.25) is 0 Å². The number of carbonyl (C=O) groups is 2. The van der Waals surface area contributed by atoms with Crippen LogP contribution in [0, 0.1) is 0 Å². The number of aliphatic hydroxyl groups excluding tert-OH is 2. The van der Waals surface area contributed by atoms with Crippen LogP contribution in [0.1, 0.15) is 25.5 Å². The summed E-state index contributed by atoms with van der Waals surface area (Å²) in [4.78, 5) is 22.3. The first-order valence-electron chi connectivity index (χ1n) is 7.37. The zero-order valence-corrected chi connectivity index (χ0v) is 14.8. The summed E-state index contributed by atoms with van der Waals surface area (Å²) >= 11 is 3.33. The molecule has 1 aliphatic rings. The van der Waals surface area contributed by atoms with E-state index in [1.165, 1.54) is 13.8 Å². The molecule has 0 radical (unpaired) electrons. The van der Waals surface area contributed by atoms with Crippen molar-refractivity contribution in [1.29, 1.82) is 0 Å². The third-order valence-electron chi connectivity index (χ3n) is 3.61. The second-order valence-electron chi connectivity index (χ2n) is 5.51. The molecule has 1 saturated heterocycles. The van der Waals surface area contributed by atoms with Gasteiger partial charge in [0.15, 0.2) is 6.10 Å². The summed E-state index contributed by atoms with van der Waals surface area (Å²) in [5.41, 5.74) is 0.630. The number of hydrogen-bond acceptors (Lipinski definition) is 7. The Labute approximate surface area is 147 Å². The van der Waals surface area contributed by atoms with Crippen molar-refractivity contribution in [3.05, 3.63) is 34.3 Å². The predicted molar refractivity (Wildman–Crippen MR) is 86.0 cm³/mol. The van der Waals surface area contributed by atoms with E-state index in [0.29, 0.717) is 5.56 Å². The number of ether oxygens (including phenoxy) is 3. The Morgan fingerprint density at radius 2 is 1.92 bits per heavy atom. The summed E-state index contributed by atoms with van der Waals surface area (Å²) in [6.45, 7) is 2.21. The molecule has 8 heteroatoms. The quantitative estimate of drug-likeness (QED) is 0.726. The van der Waals surface area contributed by atoms with Gasteiger partial charge < -0.3 is 24.4 Å². The first kappa shape index (κ1) is 18.9. The highest BCUT2D eigenvalue weighted by atomic mass is 79.9. The minimum atomic E-state index is -1.38. The van der Waals surface area contributed by atoms with Crippen LogP contribution in [0.2, 0.25) is 0 Å². The summed E-state index contributed by atoms with van der Waals surface area (Å²) in [7, 11) is 0. The molecule has 0 amide bonds. The van der Waals surface area contributed by atoms with Gasteiger partial charge in [-0.15, -0.1) is 0 Å². The third kappa shape index (κ3) is 4.54. The van der Waals surface area contributed by atoms with Crippen molar-refractivity contribution in [2.75, 3.05) is 6.61 Å². The van der Waals surface area contributed by atoms with E-state index in [9.17, 15) is 19.8 Å². The standard InChI is InChI=1S/C16H19BrO7/c1-8(18)22-7-12-16(23-9(2)19)14(21)13(20)15(24-12)10-4-3-5-11(17)6-10/h3-6,12-16,20-21H,7H2,1-2H3/t12-,13+,14-,15?,16-/m1/s1. The minimum absolute atomic E-state index is 0.207. The number of aliphatic hydroxyl groups is 2. The largest absolute Gasteiger partial charge is 0.463 e. The molecule has 0 bridgehead atoms. The Hall–Kier alpha value is -1.48. The van der Waals surface area contributed by atoms with Crippen LogP contribution >= 0.6 is 15.9 Å². The number of hydrogen-bond donors (Lipinski definition) is 2. The maximum Gasteiger partial charge on any atom is 0.303 e. The Morgan fingerprint density at radius 3 is 2.50 bits per heavy atom. The van der Waals surface area contributed by atoms with Crippen LogP contribution in [0.15, 0.2) is 28.7 Å². The molecule has 0 aromatic heterocycles. The molecule has 0 spiro atoms. The maximum absolute atomic E-state index is 11.3. The Bertz CT molecular complexity index is 606. The molecular formula is C16H19BrO7. The van der Waals surface area contributed by atoms with Gasteiger partial charge in [0.05, 0.1) is 0 Å². The van der Waals surface area contributed by atoms with Crippen LogP contribution in [0.3, 0.4) is 0 Å². The molecule has 1 aromatic carbocycles. The zero-order chi connectivity index (χ0) is 17.9. The number of benzene rings is 1. The van der Waals surface area contributed by atoms with E-state index >= 15 is 0 Å². The number of rotatable bonds is 4. The molecule has 1 heterocycles. The number of esters is 2. The van der Waals surface area contributed by atoms with E-state index in [4.69, 9.17) is 14.2 Å². The van der Waals surface area contributed by atoms with Gasteiger partial charge in [0.25, 0.3) is 0 Å². The molecule has 1 fully saturated rings. The van der Waals surface area contributed by atoms with Crippen molar-refractivity contribution in [3.8, 4) is 0 Å². The van der Waals surface area contributed by atoms with Crippen LogP contribution < -0.4 is 0 Å². The smallest absolute Gasteiger partial charge is 0.303 e. The average molecular weight is 403 g/mol. The molecule has 1 aliphatic heterocycles. The van der Waals surface area contributed by atoms with Crippen LogP contribution in [-0.4, -0.2) is 53.2 Å². The molecule has 2 rings (SSSR count). The van der Waals surface area contributed by atoms with Gasteiger partial charge in [-0.25, -0.2) is 0 Å². The molecule has 7 nitrogen and oxygen atoms in total. The first-order valence-corrected chi connectivity index (χ1v) is 8.16. The Morgan fingerprint density at radius 1 is 1.21 bits per heavy atom. The molecule has 1 aromatic rings. The van der Waals surface area contributed by atoms with E-state index in [1.54, 1.807) is 18.2 Å². The summed E-state index contributed by atoms with van der Waals surface area (Å²) in [6.07, 6.45) is -5.59. The van der Waals surface area contributed by atoms with Gasteiger partial charge >= 0.3 is 11.9 Å². The van der Waals surface area contributed by atoms with Crippen LogP contribution in [-0.2, 0) is 23.8 Å². The Kier molecular flexibility index (Phi) is 6.34. The van der Waals surface area contributed by atoms with Crippen LogP contribution in [0.4, 0.5) is 0 Å². The van der Waals surface area contributed by atoms with Gasteiger partial charge in [0.1, 0.15) is 31.0 Å². The van der Waals surface area contributed by atoms with Crippen LogP contribution in [0.5, 0.6) is 0 Å². The lowest BCUT2D eigenvalue weighted by atomic mass is 9.91. The monoisotopic (exact) mass is 402 g/mol. The molecule has 1 unspecified atom stereocenters. The normalized spacial score (nSPS) is 29.8. The molecule has 0 aliphatic carbocycles. The maximum atomic E-state index is 11.3. The number of carbonyl (C=O) groups excluding carboxylic acids is 2. The fourth-order valence-electron chi connectivity index (χ4n) is 2.57. The lowest BCUT2D eigenvalue weighted by Gasteiger charge is -2.42. The SMILES string of the molecule is CC(=O)OC[C@H]1OC(c2cccc(Br)c2)[C@@H](O)[C@@H](O)[C@@H]1OC(C)=O. The summed E-state index contributed by atoms with van der Waals surface area (Å²) in [5, 5.41) is 20.7. The van der Waals surface area contributed by atoms with E-state index in [1.807, 2.05) is 6.07 Å². The van der Waals surface area contributed by atoms with E-state index in [2.05, 4.69) is 15.9 Å². The van der Waals surface area contributed by atoms with E-state index in [-0.39, 0.29) is 6.61 Å². The highest BCUT2D eigenvalue weighted by Crippen LogP contribution is 2.34. The van der Waals surface area contributed by atoms with Crippen molar-refractivity contribution in [1.82, 2.24) is 0 Å². The van der Waals surface area contributed by atoms with E-state index in [0.717, 1.165) is 4.47 Å². The first-order chi connectivity index (χ1) is 11.3. The van der Waals surface area contributed by atoms with Crippen molar-refractivity contribution < 1.29 is 34.0 Å². The van der Waals surface area contributed by atoms with Crippen LogP contribution in [0.25, 0.3) is 0 Å².